The monoisotopic (exact) mass is 314 g/mol. The van der Waals surface area contributed by atoms with E-state index in [0.29, 0.717) is 17.2 Å². The van der Waals surface area contributed by atoms with E-state index in [2.05, 4.69) is 0 Å². The van der Waals surface area contributed by atoms with E-state index in [9.17, 15) is 13.2 Å². The zero-order valence-corrected chi connectivity index (χ0v) is 12.8. The Balaban J connectivity index is 1.84. The first-order valence-electron chi connectivity index (χ1n) is 6.95. The highest BCUT2D eigenvalue weighted by Crippen LogP contribution is 2.30. The van der Waals surface area contributed by atoms with Gasteiger partial charge in [-0.1, -0.05) is 6.07 Å². The summed E-state index contributed by atoms with van der Waals surface area (Å²) < 4.78 is 26.9. The lowest BCUT2D eigenvalue weighted by Gasteiger charge is -2.26. The molecular formula is C13H18N2O3S2. The van der Waals surface area contributed by atoms with E-state index in [1.54, 1.807) is 17.5 Å². The number of amides is 1. The van der Waals surface area contributed by atoms with Gasteiger partial charge < -0.3 is 4.90 Å². The average molecular weight is 314 g/mol. The zero-order valence-electron chi connectivity index (χ0n) is 11.2. The molecule has 2 aliphatic rings. The molecule has 1 atom stereocenters. The fraction of sp³-hybridized carbons (Fsp3) is 0.615. The maximum Gasteiger partial charge on any atom is 0.253 e. The summed E-state index contributed by atoms with van der Waals surface area (Å²) in [4.78, 5) is 14.3. The molecule has 110 valence electrons. The maximum atomic E-state index is 12.6. The van der Waals surface area contributed by atoms with Crippen LogP contribution >= 0.6 is 11.3 Å². The molecule has 7 heteroatoms. The minimum absolute atomic E-state index is 0.0138. The van der Waals surface area contributed by atoms with Crippen LogP contribution in [0.2, 0.25) is 0 Å². The third kappa shape index (κ3) is 2.38. The van der Waals surface area contributed by atoms with E-state index in [1.807, 2.05) is 4.90 Å². The van der Waals surface area contributed by atoms with Gasteiger partial charge in [0.2, 0.25) is 5.91 Å². The average Bonchev–Trinajstić information content (AvgIpc) is 3.17. The van der Waals surface area contributed by atoms with Crippen LogP contribution in [-0.2, 0) is 14.8 Å². The van der Waals surface area contributed by atoms with Gasteiger partial charge in [-0.25, -0.2) is 8.42 Å². The normalized spacial score (nSPS) is 24.4. The van der Waals surface area contributed by atoms with Crippen molar-refractivity contribution < 1.29 is 13.2 Å². The third-order valence-corrected chi connectivity index (χ3v) is 7.25. The molecule has 0 saturated carbocycles. The van der Waals surface area contributed by atoms with E-state index in [-0.39, 0.29) is 5.91 Å². The summed E-state index contributed by atoms with van der Waals surface area (Å²) in [6.07, 6.45) is 3.45. The minimum atomic E-state index is -3.51. The second-order valence-corrected chi connectivity index (χ2v) is 8.30. The van der Waals surface area contributed by atoms with E-state index in [0.717, 1.165) is 32.4 Å². The van der Waals surface area contributed by atoms with E-state index in [1.165, 1.54) is 15.6 Å². The Labute approximate surface area is 123 Å². The van der Waals surface area contributed by atoms with Gasteiger partial charge in [0.15, 0.2) is 0 Å². The summed E-state index contributed by atoms with van der Waals surface area (Å²) in [5, 5.41) is 1.75. The Morgan fingerprint density at radius 3 is 2.60 bits per heavy atom. The van der Waals surface area contributed by atoms with Crippen LogP contribution in [0.4, 0.5) is 0 Å². The highest BCUT2D eigenvalue weighted by molar-refractivity contribution is 7.91. The zero-order chi connectivity index (χ0) is 14.2. The second kappa shape index (κ2) is 5.46. The largest absolute Gasteiger partial charge is 0.341 e. The van der Waals surface area contributed by atoms with Crippen LogP contribution in [0.5, 0.6) is 0 Å². The second-order valence-electron chi connectivity index (χ2n) is 5.24. The highest BCUT2D eigenvalue weighted by atomic mass is 32.2. The predicted octanol–water partition coefficient (Wildman–Crippen LogP) is 1.52. The van der Waals surface area contributed by atoms with Crippen molar-refractivity contribution in [3.63, 3.8) is 0 Å². The summed E-state index contributed by atoms with van der Waals surface area (Å²) in [6.45, 7) is 1.98. The highest BCUT2D eigenvalue weighted by Gasteiger charge is 2.41. The van der Waals surface area contributed by atoms with Crippen molar-refractivity contribution in [3.05, 3.63) is 17.5 Å². The summed E-state index contributed by atoms with van der Waals surface area (Å²) in [5.41, 5.74) is 0. The Morgan fingerprint density at radius 1 is 1.20 bits per heavy atom. The van der Waals surface area contributed by atoms with Gasteiger partial charge in [0, 0.05) is 19.6 Å². The van der Waals surface area contributed by atoms with Crippen molar-refractivity contribution in [2.45, 2.75) is 35.9 Å². The Kier molecular flexibility index (Phi) is 3.83. The number of thiophene rings is 1. The molecule has 3 heterocycles. The van der Waals surface area contributed by atoms with Crippen molar-refractivity contribution in [2.24, 2.45) is 0 Å². The number of hydrogen-bond acceptors (Lipinski definition) is 4. The molecule has 5 nitrogen and oxygen atoms in total. The van der Waals surface area contributed by atoms with Gasteiger partial charge in [-0.15, -0.1) is 11.3 Å². The van der Waals surface area contributed by atoms with E-state index in [4.69, 9.17) is 0 Å². The van der Waals surface area contributed by atoms with Crippen LogP contribution in [0, 0.1) is 0 Å². The third-order valence-electron chi connectivity index (χ3n) is 3.96. The van der Waals surface area contributed by atoms with Crippen molar-refractivity contribution >= 4 is 27.3 Å². The molecule has 0 spiro atoms. The first-order valence-corrected chi connectivity index (χ1v) is 9.27. The quantitative estimate of drug-likeness (QED) is 0.850. The molecule has 1 aromatic rings. The topological polar surface area (TPSA) is 57.7 Å². The first-order chi connectivity index (χ1) is 9.60. The summed E-state index contributed by atoms with van der Waals surface area (Å²) >= 11 is 1.21. The summed E-state index contributed by atoms with van der Waals surface area (Å²) in [7, 11) is -3.51. The van der Waals surface area contributed by atoms with Gasteiger partial charge in [0.05, 0.1) is 0 Å². The van der Waals surface area contributed by atoms with Crippen LogP contribution in [0.1, 0.15) is 25.7 Å². The molecule has 1 amide bonds. The van der Waals surface area contributed by atoms with Crippen LogP contribution in [0.3, 0.4) is 0 Å². The molecule has 20 heavy (non-hydrogen) atoms. The minimum Gasteiger partial charge on any atom is -0.341 e. The van der Waals surface area contributed by atoms with Crippen molar-refractivity contribution in [2.75, 3.05) is 19.6 Å². The van der Waals surface area contributed by atoms with Gasteiger partial charge in [-0.2, -0.15) is 4.31 Å². The number of carbonyl (C=O) groups is 1. The van der Waals surface area contributed by atoms with Crippen LogP contribution in [0.15, 0.2) is 21.7 Å². The lowest BCUT2D eigenvalue weighted by atomic mass is 10.2. The Bertz CT molecular complexity index is 577. The Morgan fingerprint density at radius 2 is 1.95 bits per heavy atom. The number of nitrogens with zero attached hydrogens (tertiary/aromatic N) is 2. The molecule has 2 aliphatic heterocycles. The molecule has 2 saturated heterocycles. The smallest absolute Gasteiger partial charge is 0.253 e. The fourth-order valence-corrected chi connectivity index (χ4v) is 5.72. The molecule has 0 radical (unpaired) electrons. The van der Waals surface area contributed by atoms with E-state index >= 15 is 0 Å². The van der Waals surface area contributed by atoms with E-state index < -0.39 is 16.1 Å². The molecule has 2 fully saturated rings. The van der Waals surface area contributed by atoms with Crippen LogP contribution in [0.25, 0.3) is 0 Å². The molecule has 0 aromatic carbocycles. The molecule has 3 rings (SSSR count). The summed E-state index contributed by atoms with van der Waals surface area (Å²) in [5.74, 6) is -0.0138. The molecule has 0 bridgehead atoms. The SMILES string of the molecule is O=C(C1CCCN1S(=O)(=O)c1cccs1)N1CCCC1. The van der Waals surface area contributed by atoms with Crippen LogP contribution < -0.4 is 0 Å². The molecular weight excluding hydrogens is 296 g/mol. The predicted molar refractivity (Wildman–Crippen MR) is 77.0 cm³/mol. The first kappa shape index (κ1) is 14.0. The maximum absolute atomic E-state index is 12.6. The lowest BCUT2D eigenvalue weighted by Crippen LogP contribution is -2.46. The molecule has 1 aromatic heterocycles. The number of carbonyl (C=O) groups excluding carboxylic acids is 1. The van der Waals surface area contributed by atoms with Gasteiger partial charge in [0.1, 0.15) is 10.3 Å². The molecule has 0 N–H and O–H groups in total. The van der Waals surface area contributed by atoms with Gasteiger partial charge in [0.25, 0.3) is 10.0 Å². The lowest BCUT2D eigenvalue weighted by molar-refractivity contribution is -0.133. The summed E-state index contributed by atoms with van der Waals surface area (Å²) in [6, 6.07) is 2.83. The number of hydrogen-bond donors (Lipinski definition) is 0. The van der Waals surface area contributed by atoms with Gasteiger partial charge >= 0.3 is 0 Å². The molecule has 0 aliphatic carbocycles. The fourth-order valence-electron chi connectivity index (χ4n) is 2.95. The number of sulfonamides is 1. The Hall–Kier alpha value is -0.920. The standard InChI is InChI=1S/C13H18N2O3S2/c16-13(14-7-1-2-8-14)11-5-3-9-15(11)20(17,18)12-6-4-10-19-12/h4,6,10-11H,1-3,5,7-9H2. The number of rotatable bonds is 3. The van der Waals surface area contributed by atoms with Gasteiger partial charge in [-0.05, 0) is 37.1 Å². The van der Waals surface area contributed by atoms with Crippen molar-refractivity contribution in [1.82, 2.24) is 9.21 Å². The van der Waals surface area contributed by atoms with Gasteiger partial charge in [-0.3, -0.25) is 4.79 Å². The molecule has 1 unspecified atom stereocenters. The van der Waals surface area contributed by atoms with Crippen molar-refractivity contribution in [3.8, 4) is 0 Å². The van der Waals surface area contributed by atoms with Crippen LogP contribution in [-0.4, -0.2) is 49.2 Å². The number of likely N-dealkylation sites (tertiary alicyclic amines) is 1. The van der Waals surface area contributed by atoms with Crippen molar-refractivity contribution in [1.29, 1.82) is 0 Å².